The fraction of sp³-hybridized carbons (Fsp3) is 0.917. The summed E-state index contributed by atoms with van der Waals surface area (Å²) in [5.41, 5.74) is 0. The van der Waals surface area contributed by atoms with Crippen LogP contribution in [0.3, 0.4) is 0 Å². The van der Waals surface area contributed by atoms with Crippen molar-refractivity contribution in [1.82, 2.24) is 10.6 Å². The van der Waals surface area contributed by atoms with Crippen LogP contribution in [0.1, 0.15) is 32.6 Å². The third-order valence-electron chi connectivity index (χ3n) is 3.94. The van der Waals surface area contributed by atoms with Gasteiger partial charge in [0.25, 0.3) is 0 Å². The van der Waals surface area contributed by atoms with E-state index in [9.17, 15) is 13.2 Å². The number of sulfone groups is 1. The van der Waals surface area contributed by atoms with Gasteiger partial charge in [-0.1, -0.05) is 12.8 Å². The maximum atomic E-state index is 12.1. The summed E-state index contributed by atoms with van der Waals surface area (Å²) in [6, 6.07) is 0.181. The molecule has 6 heteroatoms. The van der Waals surface area contributed by atoms with Gasteiger partial charge in [0.05, 0.1) is 5.75 Å². The van der Waals surface area contributed by atoms with E-state index in [-0.39, 0.29) is 23.6 Å². The lowest BCUT2D eigenvalue weighted by atomic mass is 10.1. The lowest BCUT2D eigenvalue weighted by Gasteiger charge is -2.28. The highest BCUT2D eigenvalue weighted by molar-refractivity contribution is 7.92. The van der Waals surface area contributed by atoms with Crippen molar-refractivity contribution >= 4 is 15.7 Å². The predicted octanol–water partition coefficient (Wildman–Crippen LogP) is 0.0679. The highest BCUT2D eigenvalue weighted by Gasteiger charge is 2.33. The van der Waals surface area contributed by atoms with Gasteiger partial charge in [0.1, 0.15) is 5.25 Å². The largest absolute Gasteiger partial charge is 0.352 e. The number of rotatable bonds is 5. The van der Waals surface area contributed by atoms with Crippen LogP contribution in [0.2, 0.25) is 0 Å². The molecule has 1 unspecified atom stereocenters. The Hall–Kier alpha value is -0.620. The zero-order valence-electron chi connectivity index (χ0n) is 10.8. The van der Waals surface area contributed by atoms with E-state index in [0.717, 1.165) is 38.8 Å². The first-order valence-corrected chi connectivity index (χ1v) is 8.43. The molecule has 0 bridgehead atoms. The number of nitrogens with one attached hydrogen (secondary N) is 2. The zero-order chi connectivity index (χ0) is 13.2. The van der Waals surface area contributed by atoms with Crippen molar-refractivity contribution in [3.05, 3.63) is 0 Å². The standard InChI is InChI=1S/C12H22N2O3S/c1-9(12(15)14-11-4-2-3-5-11)18(16,17)8-10-6-13-7-10/h9-11,13H,2-8H2,1H3,(H,14,15). The van der Waals surface area contributed by atoms with Gasteiger partial charge in [0.2, 0.25) is 5.91 Å². The third kappa shape index (κ3) is 3.23. The van der Waals surface area contributed by atoms with Gasteiger partial charge in [-0.25, -0.2) is 8.42 Å². The van der Waals surface area contributed by atoms with Crippen molar-refractivity contribution in [2.24, 2.45) is 5.92 Å². The maximum Gasteiger partial charge on any atom is 0.238 e. The average Bonchev–Trinajstić information content (AvgIpc) is 2.75. The first kappa shape index (κ1) is 13.8. The van der Waals surface area contributed by atoms with Gasteiger partial charge in [0, 0.05) is 19.1 Å². The molecule has 5 nitrogen and oxygen atoms in total. The van der Waals surface area contributed by atoms with Crippen molar-refractivity contribution in [2.45, 2.75) is 43.9 Å². The molecule has 0 aromatic carbocycles. The van der Waals surface area contributed by atoms with Crippen LogP contribution in [-0.2, 0) is 14.6 Å². The van der Waals surface area contributed by atoms with Crippen molar-refractivity contribution < 1.29 is 13.2 Å². The summed E-state index contributed by atoms with van der Waals surface area (Å²) in [7, 11) is -3.31. The Morgan fingerprint density at radius 2 is 1.94 bits per heavy atom. The molecule has 1 aliphatic carbocycles. The molecule has 2 rings (SSSR count). The molecule has 2 aliphatic rings. The molecule has 0 aromatic heterocycles. The summed E-state index contributed by atoms with van der Waals surface area (Å²) < 4.78 is 24.1. The number of amides is 1. The van der Waals surface area contributed by atoms with Crippen molar-refractivity contribution in [3.63, 3.8) is 0 Å². The highest BCUT2D eigenvalue weighted by atomic mass is 32.2. The van der Waals surface area contributed by atoms with Gasteiger partial charge in [-0.15, -0.1) is 0 Å². The first-order valence-electron chi connectivity index (χ1n) is 6.71. The van der Waals surface area contributed by atoms with Crippen molar-refractivity contribution in [3.8, 4) is 0 Å². The first-order chi connectivity index (χ1) is 8.49. The van der Waals surface area contributed by atoms with Gasteiger partial charge in [0.15, 0.2) is 9.84 Å². The molecule has 1 saturated heterocycles. The van der Waals surface area contributed by atoms with E-state index < -0.39 is 15.1 Å². The van der Waals surface area contributed by atoms with Crippen LogP contribution in [0.4, 0.5) is 0 Å². The molecule has 1 saturated carbocycles. The van der Waals surface area contributed by atoms with Gasteiger partial charge in [-0.05, 0) is 25.7 Å². The molecule has 2 fully saturated rings. The third-order valence-corrected chi connectivity index (χ3v) is 6.17. The van der Waals surface area contributed by atoms with E-state index in [4.69, 9.17) is 0 Å². The summed E-state index contributed by atoms with van der Waals surface area (Å²) in [5, 5.41) is 4.99. The van der Waals surface area contributed by atoms with E-state index in [1.807, 2.05) is 0 Å². The van der Waals surface area contributed by atoms with Crippen LogP contribution in [0.15, 0.2) is 0 Å². The molecule has 1 heterocycles. The van der Waals surface area contributed by atoms with E-state index in [1.165, 1.54) is 6.92 Å². The molecular weight excluding hydrogens is 252 g/mol. The van der Waals surface area contributed by atoms with E-state index in [1.54, 1.807) is 0 Å². The molecule has 0 spiro atoms. The molecule has 1 aliphatic heterocycles. The molecule has 18 heavy (non-hydrogen) atoms. The van der Waals surface area contributed by atoms with Gasteiger partial charge in [-0.3, -0.25) is 4.79 Å². The van der Waals surface area contributed by atoms with E-state index >= 15 is 0 Å². The quantitative estimate of drug-likeness (QED) is 0.744. The fourth-order valence-corrected chi connectivity index (χ4v) is 4.07. The summed E-state index contributed by atoms with van der Waals surface area (Å²) in [6.07, 6.45) is 4.20. The number of carbonyl (C=O) groups is 1. The monoisotopic (exact) mass is 274 g/mol. The summed E-state index contributed by atoms with van der Waals surface area (Å²) in [4.78, 5) is 11.9. The predicted molar refractivity (Wildman–Crippen MR) is 70.0 cm³/mol. The molecule has 104 valence electrons. The summed E-state index contributed by atoms with van der Waals surface area (Å²) in [5.74, 6) is -0.0230. The Balaban J connectivity index is 1.87. The second-order valence-electron chi connectivity index (χ2n) is 5.49. The smallest absolute Gasteiger partial charge is 0.238 e. The Morgan fingerprint density at radius 1 is 1.33 bits per heavy atom. The van der Waals surface area contributed by atoms with Gasteiger partial charge >= 0.3 is 0 Å². The highest BCUT2D eigenvalue weighted by Crippen LogP contribution is 2.18. The van der Waals surface area contributed by atoms with Crippen LogP contribution in [0, 0.1) is 5.92 Å². The molecule has 1 amide bonds. The Bertz CT molecular complexity index is 398. The van der Waals surface area contributed by atoms with Crippen molar-refractivity contribution in [2.75, 3.05) is 18.8 Å². The number of carbonyl (C=O) groups excluding carboxylic acids is 1. The van der Waals surface area contributed by atoms with E-state index in [2.05, 4.69) is 10.6 Å². The molecular formula is C12H22N2O3S. The van der Waals surface area contributed by atoms with Crippen LogP contribution in [0.5, 0.6) is 0 Å². The molecule has 2 N–H and O–H groups in total. The lowest BCUT2D eigenvalue weighted by Crippen LogP contribution is -2.49. The maximum absolute atomic E-state index is 12.1. The minimum Gasteiger partial charge on any atom is -0.352 e. The normalized spacial score (nSPS) is 23.6. The molecule has 0 aromatic rings. The summed E-state index contributed by atoms with van der Waals surface area (Å²) >= 11 is 0. The molecule has 1 atom stereocenters. The van der Waals surface area contributed by atoms with Crippen LogP contribution in [-0.4, -0.2) is 44.5 Å². The van der Waals surface area contributed by atoms with Gasteiger partial charge < -0.3 is 10.6 Å². The SMILES string of the molecule is CC(C(=O)NC1CCCC1)S(=O)(=O)CC1CNC1. The minimum atomic E-state index is -3.31. The summed E-state index contributed by atoms with van der Waals surface area (Å²) in [6.45, 7) is 3.00. The van der Waals surface area contributed by atoms with Crippen molar-refractivity contribution in [1.29, 1.82) is 0 Å². The minimum absolute atomic E-state index is 0.124. The zero-order valence-corrected chi connectivity index (χ0v) is 11.6. The Labute approximate surface area is 109 Å². The van der Waals surface area contributed by atoms with Gasteiger partial charge in [-0.2, -0.15) is 0 Å². The topological polar surface area (TPSA) is 75.3 Å². The lowest BCUT2D eigenvalue weighted by molar-refractivity contribution is -0.121. The average molecular weight is 274 g/mol. The second kappa shape index (κ2) is 5.57. The number of hydrogen-bond acceptors (Lipinski definition) is 4. The van der Waals surface area contributed by atoms with E-state index in [0.29, 0.717) is 0 Å². The Kier molecular flexibility index (Phi) is 4.27. The van der Waals surface area contributed by atoms with Crippen LogP contribution in [0.25, 0.3) is 0 Å². The second-order valence-corrected chi connectivity index (χ2v) is 7.85. The van der Waals surface area contributed by atoms with Crippen LogP contribution >= 0.6 is 0 Å². The Morgan fingerprint density at radius 3 is 2.44 bits per heavy atom. The number of hydrogen-bond donors (Lipinski definition) is 2. The fourth-order valence-electron chi connectivity index (χ4n) is 2.49. The molecule has 0 radical (unpaired) electrons. The van der Waals surface area contributed by atoms with Crippen LogP contribution < -0.4 is 10.6 Å².